The molecule has 0 aliphatic carbocycles. The van der Waals surface area contributed by atoms with Crippen LogP contribution in [-0.2, 0) is 11.2 Å². The largest absolute Gasteiger partial charge is 0.486 e. The van der Waals surface area contributed by atoms with Gasteiger partial charge >= 0.3 is 0 Å². The van der Waals surface area contributed by atoms with Gasteiger partial charge in [0.2, 0.25) is 5.91 Å². The Kier molecular flexibility index (Phi) is 5.85. The third-order valence-electron chi connectivity index (χ3n) is 4.78. The number of rotatable bonds is 5. The molecular formula is C18H25ClN2O3. The maximum atomic E-state index is 12.6. The number of fused-ring (bicyclic) bond motifs is 1. The lowest BCUT2D eigenvalue weighted by molar-refractivity contribution is -0.131. The molecule has 1 aromatic carbocycles. The first-order chi connectivity index (χ1) is 11.7. The Morgan fingerprint density at radius 1 is 1.29 bits per heavy atom. The molecule has 2 aliphatic heterocycles. The molecule has 5 nitrogen and oxygen atoms in total. The summed E-state index contributed by atoms with van der Waals surface area (Å²) < 4.78 is 11.1. The Labute approximate surface area is 148 Å². The summed E-state index contributed by atoms with van der Waals surface area (Å²) in [5.41, 5.74) is 0.881. The molecule has 3 rings (SSSR count). The molecule has 132 valence electrons. The average molecular weight is 353 g/mol. The van der Waals surface area contributed by atoms with Crippen molar-refractivity contribution in [3.8, 4) is 11.5 Å². The predicted octanol–water partition coefficient (Wildman–Crippen LogP) is 2.50. The Morgan fingerprint density at radius 2 is 2.04 bits per heavy atom. The SMILES string of the molecule is CNCCC1CCN(C(=O)Cc2cc(Cl)c3c(c2)OCCO3)CC1. The van der Waals surface area contributed by atoms with Gasteiger partial charge in [0.25, 0.3) is 0 Å². The van der Waals surface area contributed by atoms with E-state index in [1.54, 1.807) is 0 Å². The number of benzene rings is 1. The lowest BCUT2D eigenvalue weighted by Gasteiger charge is -2.32. The van der Waals surface area contributed by atoms with Crippen LogP contribution in [0.4, 0.5) is 0 Å². The van der Waals surface area contributed by atoms with Crippen LogP contribution in [0, 0.1) is 5.92 Å². The van der Waals surface area contributed by atoms with Gasteiger partial charge in [0.1, 0.15) is 13.2 Å². The van der Waals surface area contributed by atoms with Crippen LogP contribution in [0.2, 0.25) is 5.02 Å². The molecule has 0 bridgehead atoms. The average Bonchev–Trinajstić information content (AvgIpc) is 2.60. The van der Waals surface area contributed by atoms with Crippen molar-refractivity contribution in [2.75, 3.05) is 39.9 Å². The monoisotopic (exact) mass is 352 g/mol. The molecule has 1 amide bonds. The number of ether oxygens (including phenoxy) is 2. The van der Waals surface area contributed by atoms with Crippen LogP contribution in [0.3, 0.4) is 0 Å². The van der Waals surface area contributed by atoms with Crippen LogP contribution >= 0.6 is 11.6 Å². The second-order valence-corrected chi connectivity index (χ2v) is 6.90. The molecule has 1 aromatic rings. The predicted molar refractivity (Wildman–Crippen MR) is 94.0 cm³/mol. The van der Waals surface area contributed by atoms with Crippen molar-refractivity contribution in [3.63, 3.8) is 0 Å². The van der Waals surface area contributed by atoms with Gasteiger partial charge in [0.15, 0.2) is 11.5 Å². The van der Waals surface area contributed by atoms with E-state index in [2.05, 4.69) is 5.32 Å². The van der Waals surface area contributed by atoms with Gasteiger partial charge in [0.05, 0.1) is 11.4 Å². The molecule has 0 unspecified atom stereocenters. The number of halogens is 1. The van der Waals surface area contributed by atoms with E-state index in [1.807, 2.05) is 24.1 Å². The quantitative estimate of drug-likeness (QED) is 0.884. The van der Waals surface area contributed by atoms with Gasteiger partial charge in [0, 0.05) is 13.1 Å². The lowest BCUT2D eigenvalue weighted by atomic mass is 9.93. The van der Waals surface area contributed by atoms with Gasteiger partial charge in [-0.1, -0.05) is 11.6 Å². The van der Waals surface area contributed by atoms with E-state index < -0.39 is 0 Å². The van der Waals surface area contributed by atoms with E-state index >= 15 is 0 Å². The summed E-state index contributed by atoms with van der Waals surface area (Å²) in [7, 11) is 1.98. The third-order valence-corrected chi connectivity index (χ3v) is 5.06. The molecule has 0 radical (unpaired) electrons. The number of carbonyl (C=O) groups is 1. The number of amides is 1. The van der Waals surface area contributed by atoms with Crippen molar-refractivity contribution in [1.29, 1.82) is 0 Å². The molecule has 0 spiro atoms. The summed E-state index contributed by atoms with van der Waals surface area (Å²) in [4.78, 5) is 14.5. The second kappa shape index (κ2) is 8.08. The zero-order chi connectivity index (χ0) is 16.9. The van der Waals surface area contributed by atoms with E-state index in [9.17, 15) is 4.79 Å². The minimum absolute atomic E-state index is 0.162. The number of hydrogen-bond acceptors (Lipinski definition) is 4. The Bertz CT molecular complexity index is 586. The highest BCUT2D eigenvalue weighted by molar-refractivity contribution is 6.32. The van der Waals surface area contributed by atoms with Crippen LogP contribution in [0.25, 0.3) is 0 Å². The molecule has 1 saturated heterocycles. The summed E-state index contributed by atoms with van der Waals surface area (Å²) in [6.45, 7) is 3.78. The summed E-state index contributed by atoms with van der Waals surface area (Å²) in [6.07, 6.45) is 3.73. The molecule has 1 fully saturated rings. The number of nitrogens with one attached hydrogen (secondary N) is 1. The Hall–Kier alpha value is -1.46. The van der Waals surface area contributed by atoms with Gasteiger partial charge in [-0.05, 0) is 56.5 Å². The normalized spacial score (nSPS) is 17.8. The van der Waals surface area contributed by atoms with Gasteiger partial charge in [-0.25, -0.2) is 0 Å². The smallest absolute Gasteiger partial charge is 0.226 e. The van der Waals surface area contributed by atoms with E-state index in [0.29, 0.717) is 36.2 Å². The molecular weight excluding hydrogens is 328 g/mol. The van der Waals surface area contributed by atoms with Gasteiger partial charge in [-0.3, -0.25) is 4.79 Å². The zero-order valence-electron chi connectivity index (χ0n) is 14.1. The molecule has 6 heteroatoms. The minimum atomic E-state index is 0.162. The standard InChI is InChI=1S/C18H25ClN2O3/c1-20-5-2-13-3-6-21(7-4-13)17(22)12-14-10-15(19)18-16(11-14)23-8-9-24-18/h10-11,13,20H,2-9,12H2,1H3. The molecule has 0 aromatic heterocycles. The summed E-state index contributed by atoms with van der Waals surface area (Å²) in [5.74, 6) is 2.12. The highest BCUT2D eigenvalue weighted by atomic mass is 35.5. The molecule has 24 heavy (non-hydrogen) atoms. The highest BCUT2D eigenvalue weighted by Crippen LogP contribution is 2.38. The first kappa shape index (κ1) is 17.4. The van der Waals surface area contributed by atoms with Crippen molar-refractivity contribution < 1.29 is 14.3 Å². The number of likely N-dealkylation sites (tertiary alicyclic amines) is 1. The van der Waals surface area contributed by atoms with E-state index in [0.717, 1.165) is 44.0 Å². The summed E-state index contributed by atoms with van der Waals surface area (Å²) >= 11 is 6.25. The van der Waals surface area contributed by atoms with E-state index in [1.165, 1.54) is 6.42 Å². The van der Waals surface area contributed by atoms with Gasteiger partial charge in [-0.15, -0.1) is 0 Å². The first-order valence-corrected chi connectivity index (χ1v) is 9.05. The van der Waals surface area contributed by atoms with Crippen molar-refractivity contribution in [1.82, 2.24) is 10.2 Å². The van der Waals surface area contributed by atoms with Crippen LogP contribution in [0.1, 0.15) is 24.8 Å². The highest BCUT2D eigenvalue weighted by Gasteiger charge is 2.23. The van der Waals surface area contributed by atoms with Crippen LogP contribution in [-0.4, -0.2) is 50.7 Å². The number of hydrogen-bond donors (Lipinski definition) is 1. The van der Waals surface area contributed by atoms with Crippen LogP contribution in [0.15, 0.2) is 12.1 Å². The number of piperidine rings is 1. The topological polar surface area (TPSA) is 50.8 Å². The van der Waals surface area contributed by atoms with Crippen LogP contribution in [0.5, 0.6) is 11.5 Å². The van der Waals surface area contributed by atoms with E-state index in [-0.39, 0.29) is 5.91 Å². The van der Waals surface area contributed by atoms with E-state index in [4.69, 9.17) is 21.1 Å². The zero-order valence-corrected chi connectivity index (χ0v) is 14.9. The molecule has 1 N–H and O–H groups in total. The lowest BCUT2D eigenvalue weighted by Crippen LogP contribution is -2.39. The van der Waals surface area contributed by atoms with Crippen molar-refractivity contribution in [2.24, 2.45) is 5.92 Å². The van der Waals surface area contributed by atoms with Crippen molar-refractivity contribution in [2.45, 2.75) is 25.7 Å². The fourth-order valence-corrected chi connectivity index (χ4v) is 3.66. The Balaban J connectivity index is 1.57. The fraction of sp³-hybridized carbons (Fsp3) is 0.611. The Morgan fingerprint density at radius 3 is 2.79 bits per heavy atom. The number of carbonyl (C=O) groups excluding carboxylic acids is 1. The molecule has 0 atom stereocenters. The molecule has 0 saturated carbocycles. The first-order valence-electron chi connectivity index (χ1n) is 8.67. The maximum Gasteiger partial charge on any atom is 0.226 e. The third kappa shape index (κ3) is 4.14. The van der Waals surface area contributed by atoms with Gasteiger partial charge < -0.3 is 19.7 Å². The molecule has 2 heterocycles. The van der Waals surface area contributed by atoms with Crippen molar-refractivity contribution in [3.05, 3.63) is 22.7 Å². The summed E-state index contributed by atoms with van der Waals surface area (Å²) in [6, 6.07) is 3.69. The maximum absolute atomic E-state index is 12.6. The van der Waals surface area contributed by atoms with Crippen molar-refractivity contribution >= 4 is 17.5 Å². The summed E-state index contributed by atoms with van der Waals surface area (Å²) in [5, 5.41) is 3.71. The molecule has 2 aliphatic rings. The van der Waals surface area contributed by atoms with Crippen LogP contribution < -0.4 is 14.8 Å². The minimum Gasteiger partial charge on any atom is -0.486 e. The van der Waals surface area contributed by atoms with Gasteiger partial charge in [-0.2, -0.15) is 0 Å². The fourth-order valence-electron chi connectivity index (χ4n) is 3.37. The second-order valence-electron chi connectivity index (χ2n) is 6.49. The number of nitrogens with zero attached hydrogens (tertiary/aromatic N) is 1.